The van der Waals surface area contributed by atoms with E-state index >= 15 is 0 Å². The molecule has 0 fully saturated rings. The summed E-state index contributed by atoms with van der Waals surface area (Å²) in [6, 6.07) is 4.67. The molecule has 1 atom stereocenters. The van der Waals surface area contributed by atoms with Crippen LogP contribution in [0.2, 0.25) is 0 Å². The van der Waals surface area contributed by atoms with Gasteiger partial charge in [-0.05, 0) is 18.6 Å². The highest BCUT2D eigenvalue weighted by atomic mass is 16.5. The zero-order valence-electron chi connectivity index (χ0n) is 9.93. The molecule has 17 heavy (non-hydrogen) atoms. The highest BCUT2D eigenvalue weighted by Gasteiger charge is 2.15. The van der Waals surface area contributed by atoms with Crippen LogP contribution in [0.5, 0.6) is 11.5 Å². The third-order valence-electron chi connectivity index (χ3n) is 2.43. The third-order valence-corrected chi connectivity index (χ3v) is 2.43. The Kier molecular flexibility index (Phi) is 4.78. The second-order valence-corrected chi connectivity index (χ2v) is 3.63. The van der Waals surface area contributed by atoms with Crippen LogP contribution in [-0.4, -0.2) is 35.9 Å². The van der Waals surface area contributed by atoms with Gasteiger partial charge >= 0.3 is 0 Å². The van der Waals surface area contributed by atoms with Gasteiger partial charge in [-0.25, -0.2) is 0 Å². The minimum Gasteiger partial charge on any atom is -0.504 e. The van der Waals surface area contributed by atoms with Gasteiger partial charge in [0.1, 0.15) is 0 Å². The van der Waals surface area contributed by atoms with Crippen LogP contribution in [0, 0.1) is 0 Å². The minimum atomic E-state index is -0.577. The van der Waals surface area contributed by atoms with E-state index in [0.29, 0.717) is 6.42 Å². The van der Waals surface area contributed by atoms with Crippen LogP contribution in [0.4, 0.5) is 0 Å². The van der Waals surface area contributed by atoms with Crippen molar-refractivity contribution >= 4 is 5.91 Å². The lowest BCUT2D eigenvalue weighted by molar-refractivity contribution is 0.0910. The number of para-hydroxylation sites is 1. The molecule has 94 valence electrons. The van der Waals surface area contributed by atoms with Crippen LogP contribution >= 0.6 is 0 Å². The van der Waals surface area contributed by atoms with Crippen LogP contribution in [0.15, 0.2) is 18.2 Å². The molecule has 5 heteroatoms. The molecule has 1 aromatic carbocycles. The van der Waals surface area contributed by atoms with E-state index in [2.05, 4.69) is 5.32 Å². The quantitative estimate of drug-likeness (QED) is 0.713. The van der Waals surface area contributed by atoms with E-state index in [1.165, 1.54) is 13.2 Å². The second kappa shape index (κ2) is 6.10. The molecule has 3 N–H and O–H groups in total. The summed E-state index contributed by atoms with van der Waals surface area (Å²) in [5.74, 6) is -0.388. The lowest BCUT2D eigenvalue weighted by Crippen LogP contribution is -2.31. The number of hydrogen-bond acceptors (Lipinski definition) is 4. The molecule has 5 nitrogen and oxygen atoms in total. The molecule has 0 aliphatic heterocycles. The number of nitrogens with one attached hydrogen (secondary N) is 1. The molecule has 0 aliphatic carbocycles. The largest absolute Gasteiger partial charge is 0.504 e. The molecule has 0 saturated heterocycles. The number of aliphatic hydroxyl groups is 1. The number of carbonyl (C=O) groups is 1. The molecule has 0 saturated carbocycles. The number of carbonyl (C=O) groups excluding carboxylic acids is 1. The number of phenolic OH excluding ortho intramolecular Hbond substituents is 1. The maximum absolute atomic E-state index is 11.7. The normalized spacial score (nSPS) is 11.9. The SMILES string of the molecule is CCC(O)CNC(=O)c1cccc(OC)c1O. The predicted octanol–water partition coefficient (Wildman–Crippen LogP) is 0.902. The second-order valence-electron chi connectivity index (χ2n) is 3.63. The maximum Gasteiger partial charge on any atom is 0.255 e. The fraction of sp³-hybridized carbons (Fsp3) is 0.417. The summed E-state index contributed by atoms with van der Waals surface area (Å²) in [5.41, 5.74) is 0.132. The van der Waals surface area contributed by atoms with Crippen molar-refractivity contribution in [2.45, 2.75) is 19.4 Å². The summed E-state index contributed by atoms with van der Waals surface area (Å²) in [6.45, 7) is 1.98. The molecule has 1 aromatic rings. The van der Waals surface area contributed by atoms with Crippen molar-refractivity contribution in [3.05, 3.63) is 23.8 Å². The zero-order valence-corrected chi connectivity index (χ0v) is 9.93. The van der Waals surface area contributed by atoms with Gasteiger partial charge in [0.2, 0.25) is 0 Å². The fourth-order valence-corrected chi connectivity index (χ4v) is 1.32. The lowest BCUT2D eigenvalue weighted by Gasteiger charge is -2.11. The Morgan fingerprint density at radius 1 is 1.53 bits per heavy atom. The molecule has 0 aliphatic rings. The topological polar surface area (TPSA) is 78.8 Å². The first-order valence-corrected chi connectivity index (χ1v) is 5.42. The van der Waals surface area contributed by atoms with Gasteiger partial charge in [-0.2, -0.15) is 0 Å². The molecular weight excluding hydrogens is 222 g/mol. The first-order chi connectivity index (χ1) is 8.10. The summed E-state index contributed by atoms with van der Waals surface area (Å²) in [4.78, 5) is 11.7. The highest BCUT2D eigenvalue weighted by molar-refractivity contribution is 5.97. The average Bonchev–Trinajstić information content (AvgIpc) is 2.35. The van der Waals surface area contributed by atoms with Gasteiger partial charge in [0.15, 0.2) is 11.5 Å². The first-order valence-electron chi connectivity index (χ1n) is 5.42. The van der Waals surface area contributed by atoms with E-state index in [4.69, 9.17) is 4.74 Å². The molecule has 0 heterocycles. The van der Waals surface area contributed by atoms with Crippen molar-refractivity contribution in [2.24, 2.45) is 0 Å². The van der Waals surface area contributed by atoms with Crippen LogP contribution < -0.4 is 10.1 Å². The van der Waals surface area contributed by atoms with Crippen LogP contribution in [0.3, 0.4) is 0 Å². The molecule has 0 aromatic heterocycles. The Morgan fingerprint density at radius 3 is 2.82 bits per heavy atom. The molecule has 1 unspecified atom stereocenters. The summed E-state index contributed by atoms with van der Waals surface area (Å²) in [7, 11) is 1.41. The van der Waals surface area contributed by atoms with E-state index in [9.17, 15) is 15.0 Å². The number of phenols is 1. The average molecular weight is 239 g/mol. The molecule has 0 spiro atoms. The summed E-state index contributed by atoms with van der Waals surface area (Å²) in [5, 5.41) is 21.6. The van der Waals surface area contributed by atoms with Crippen molar-refractivity contribution in [1.82, 2.24) is 5.32 Å². The van der Waals surface area contributed by atoms with Gasteiger partial charge in [-0.15, -0.1) is 0 Å². The van der Waals surface area contributed by atoms with Crippen molar-refractivity contribution in [3.8, 4) is 11.5 Å². The predicted molar refractivity (Wildman–Crippen MR) is 63.3 cm³/mol. The van der Waals surface area contributed by atoms with Gasteiger partial charge in [0.05, 0.1) is 18.8 Å². The van der Waals surface area contributed by atoms with E-state index in [-0.39, 0.29) is 23.6 Å². The Hall–Kier alpha value is -1.75. The first kappa shape index (κ1) is 13.3. The summed E-state index contributed by atoms with van der Waals surface area (Å²) < 4.78 is 4.90. The molecule has 1 rings (SSSR count). The number of ether oxygens (including phenoxy) is 1. The molecular formula is C12H17NO4. The number of aliphatic hydroxyl groups excluding tert-OH is 1. The van der Waals surface area contributed by atoms with Gasteiger partial charge in [-0.1, -0.05) is 13.0 Å². The summed E-state index contributed by atoms with van der Waals surface area (Å²) >= 11 is 0. The zero-order chi connectivity index (χ0) is 12.8. The Morgan fingerprint density at radius 2 is 2.24 bits per heavy atom. The van der Waals surface area contributed by atoms with Crippen LogP contribution in [0.25, 0.3) is 0 Å². The number of hydrogen-bond donors (Lipinski definition) is 3. The van der Waals surface area contributed by atoms with E-state index in [1.807, 2.05) is 6.92 Å². The fourth-order valence-electron chi connectivity index (χ4n) is 1.32. The lowest BCUT2D eigenvalue weighted by atomic mass is 10.1. The summed E-state index contributed by atoms with van der Waals surface area (Å²) in [6.07, 6.45) is -0.0172. The Bertz CT molecular complexity index is 392. The maximum atomic E-state index is 11.7. The van der Waals surface area contributed by atoms with E-state index in [0.717, 1.165) is 0 Å². The van der Waals surface area contributed by atoms with Crippen molar-refractivity contribution in [1.29, 1.82) is 0 Å². The molecule has 0 bridgehead atoms. The number of benzene rings is 1. The van der Waals surface area contributed by atoms with Gasteiger partial charge in [0.25, 0.3) is 5.91 Å². The standard InChI is InChI=1S/C12H17NO4/c1-3-8(14)7-13-12(16)9-5-4-6-10(17-2)11(9)15/h4-6,8,14-15H,3,7H2,1-2H3,(H,13,16). The van der Waals surface area contributed by atoms with Crippen molar-refractivity contribution in [3.63, 3.8) is 0 Å². The molecule has 1 amide bonds. The number of amides is 1. The Labute approximate surface area is 100 Å². The number of aromatic hydroxyl groups is 1. The van der Waals surface area contributed by atoms with Crippen LogP contribution in [-0.2, 0) is 0 Å². The number of methoxy groups -OCH3 is 1. The monoisotopic (exact) mass is 239 g/mol. The highest BCUT2D eigenvalue weighted by Crippen LogP contribution is 2.29. The number of rotatable bonds is 5. The van der Waals surface area contributed by atoms with Gasteiger partial charge < -0.3 is 20.3 Å². The van der Waals surface area contributed by atoms with Crippen molar-refractivity contribution < 1.29 is 19.7 Å². The third kappa shape index (κ3) is 3.35. The van der Waals surface area contributed by atoms with E-state index in [1.54, 1.807) is 12.1 Å². The van der Waals surface area contributed by atoms with Crippen LogP contribution in [0.1, 0.15) is 23.7 Å². The van der Waals surface area contributed by atoms with E-state index < -0.39 is 12.0 Å². The van der Waals surface area contributed by atoms with Gasteiger partial charge in [0, 0.05) is 6.54 Å². The Balaban J connectivity index is 2.75. The molecule has 0 radical (unpaired) electrons. The van der Waals surface area contributed by atoms with Crippen molar-refractivity contribution in [2.75, 3.05) is 13.7 Å². The smallest absolute Gasteiger partial charge is 0.255 e. The minimum absolute atomic E-state index is 0.132. The van der Waals surface area contributed by atoms with Gasteiger partial charge in [-0.3, -0.25) is 4.79 Å².